The van der Waals surface area contributed by atoms with Crippen molar-refractivity contribution >= 4 is 18.7 Å². The summed E-state index contributed by atoms with van der Waals surface area (Å²) in [5.41, 5.74) is 3.88. The van der Waals surface area contributed by atoms with E-state index >= 15 is 0 Å². The molecule has 1 aromatic carbocycles. The van der Waals surface area contributed by atoms with Gasteiger partial charge in [-0.15, -0.1) is 12.6 Å². The number of carbonyl (C=O) groups is 1. The molecule has 0 aromatic heterocycles. The van der Waals surface area contributed by atoms with Gasteiger partial charge in [0.25, 0.3) is 0 Å². The number of rotatable bonds is 1. The fraction of sp³-hybridized carbons (Fsp3) is 0.667. The zero-order valence-corrected chi connectivity index (χ0v) is 17.5. The molecule has 0 spiro atoms. The molecule has 2 amide bonds. The molecule has 7 heteroatoms. The normalized spacial score (nSPS) is 30.4. The molecule has 3 fully saturated rings. The van der Waals surface area contributed by atoms with Crippen LogP contribution in [0.15, 0.2) is 17.0 Å². The highest BCUT2D eigenvalue weighted by molar-refractivity contribution is 7.80. The maximum atomic E-state index is 13.5. The lowest BCUT2D eigenvalue weighted by molar-refractivity contribution is 0.0733. The summed E-state index contributed by atoms with van der Waals surface area (Å²) < 4.78 is 5.70. The number of hydrogen-bond donors (Lipinski definition) is 2. The van der Waals surface area contributed by atoms with Gasteiger partial charge in [0.15, 0.2) is 0 Å². The van der Waals surface area contributed by atoms with Crippen LogP contribution in [-0.4, -0.2) is 79.3 Å². The molecule has 0 radical (unpaired) electrons. The summed E-state index contributed by atoms with van der Waals surface area (Å²) in [5, 5.41) is 3.57. The topological polar surface area (TPSA) is 48.0 Å². The molecule has 2 unspecified atom stereocenters. The number of likely N-dealkylation sites (N-methyl/N-ethyl adjacent to an activating group) is 1. The van der Waals surface area contributed by atoms with E-state index in [4.69, 9.17) is 4.74 Å². The van der Waals surface area contributed by atoms with Crippen LogP contribution in [-0.2, 0) is 17.7 Å². The number of ether oxygens (including phenoxy) is 1. The van der Waals surface area contributed by atoms with Crippen LogP contribution in [0.3, 0.4) is 0 Å². The second kappa shape index (κ2) is 7.52. The van der Waals surface area contributed by atoms with Gasteiger partial charge in [0, 0.05) is 49.7 Å². The van der Waals surface area contributed by atoms with Gasteiger partial charge in [-0.05, 0) is 55.1 Å². The van der Waals surface area contributed by atoms with Crippen LogP contribution in [0.25, 0.3) is 0 Å². The fourth-order valence-corrected chi connectivity index (χ4v) is 5.80. The molecular formula is C21H30N4O2S. The number of nitrogens with one attached hydrogen (secondary N) is 1. The molecule has 5 rings (SSSR count). The minimum Gasteiger partial charge on any atom is -0.378 e. The molecule has 2 bridgehead atoms. The number of fused-ring (bicyclic) bond motifs is 3. The minimum absolute atomic E-state index is 0.185. The number of amides is 2. The van der Waals surface area contributed by atoms with Gasteiger partial charge in [0.1, 0.15) is 0 Å². The predicted octanol–water partition coefficient (Wildman–Crippen LogP) is 1.89. The number of likely N-dealkylation sites (tertiary alicyclic amines) is 1. The Morgan fingerprint density at radius 3 is 2.75 bits per heavy atom. The van der Waals surface area contributed by atoms with Gasteiger partial charge < -0.3 is 24.8 Å². The Balaban J connectivity index is 1.39. The molecule has 3 saturated heterocycles. The molecule has 1 aromatic rings. The minimum atomic E-state index is 0.185. The third-order valence-electron chi connectivity index (χ3n) is 6.81. The second-order valence-electron chi connectivity index (χ2n) is 8.72. The lowest BCUT2D eigenvalue weighted by Gasteiger charge is -2.43. The Hall–Kier alpha value is -1.28. The van der Waals surface area contributed by atoms with E-state index in [0.717, 1.165) is 56.9 Å². The lowest BCUT2D eigenvalue weighted by Crippen LogP contribution is -2.58. The first-order valence-corrected chi connectivity index (χ1v) is 11.0. The average molecular weight is 403 g/mol. The molecule has 4 aliphatic rings. The van der Waals surface area contributed by atoms with Gasteiger partial charge >= 0.3 is 6.03 Å². The van der Waals surface area contributed by atoms with Crippen LogP contribution in [0.4, 0.5) is 4.79 Å². The Bertz CT molecular complexity index is 753. The molecule has 4 heterocycles. The summed E-state index contributed by atoms with van der Waals surface area (Å²) in [6.45, 7) is 5.80. The maximum Gasteiger partial charge on any atom is 0.320 e. The molecule has 28 heavy (non-hydrogen) atoms. The van der Waals surface area contributed by atoms with Crippen LogP contribution < -0.4 is 5.32 Å². The molecule has 3 atom stereocenters. The van der Waals surface area contributed by atoms with Crippen LogP contribution in [0.2, 0.25) is 0 Å². The number of urea groups is 1. The highest BCUT2D eigenvalue weighted by atomic mass is 32.1. The summed E-state index contributed by atoms with van der Waals surface area (Å²) >= 11 is 4.63. The summed E-state index contributed by atoms with van der Waals surface area (Å²) in [5.74, 6) is 0. The van der Waals surface area contributed by atoms with Gasteiger partial charge in [-0.25, -0.2) is 4.79 Å². The van der Waals surface area contributed by atoms with Gasteiger partial charge in [0.05, 0.1) is 19.3 Å². The molecule has 1 N–H and O–H groups in total. The highest BCUT2D eigenvalue weighted by Crippen LogP contribution is 2.34. The van der Waals surface area contributed by atoms with E-state index in [2.05, 4.69) is 51.8 Å². The van der Waals surface area contributed by atoms with E-state index in [-0.39, 0.29) is 12.1 Å². The molecule has 0 aliphatic carbocycles. The number of carbonyl (C=O) groups excluding carboxylic acids is 1. The summed E-state index contributed by atoms with van der Waals surface area (Å²) in [6, 6.07) is 5.51. The summed E-state index contributed by atoms with van der Waals surface area (Å²) in [4.78, 5) is 21.1. The Kier molecular flexibility index (Phi) is 5.03. The van der Waals surface area contributed by atoms with Gasteiger partial charge in [-0.2, -0.15) is 0 Å². The first-order chi connectivity index (χ1) is 13.6. The van der Waals surface area contributed by atoms with Crippen molar-refractivity contribution < 1.29 is 9.53 Å². The van der Waals surface area contributed by atoms with E-state index in [1.54, 1.807) is 0 Å². The van der Waals surface area contributed by atoms with Crippen molar-refractivity contribution in [1.29, 1.82) is 0 Å². The monoisotopic (exact) mass is 402 g/mol. The predicted molar refractivity (Wildman–Crippen MR) is 111 cm³/mol. The SMILES string of the molecule is CN1CC2CCC(C1)N2C(=O)N1CCc2cc(S)cc([C@@H]3COCCN3)c2C1. The number of benzene rings is 1. The van der Waals surface area contributed by atoms with Crippen molar-refractivity contribution in [2.24, 2.45) is 0 Å². The third kappa shape index (κ3) is 3.32. The zero-order valence-electron chi connectivity index (χ0n) is 16.6. The first kappa shape index (κ1) is 18.7. The van der Waals surface area contributed by atoms with Gasteiger partial charge in [-0.1, -0.05) is 0 Å². The lowest BCUT2D eigenvalue weighted by atomic mass is 9.91. The van der Waals surface area contributed by atoms with Gasteiger partial charge in [0.2, 0.25) is 0 Å². The molecular weight excluding hydrogens is 372 g/mol. The third-order valence-corrected chi connectivity index (χ3v) is 7.07. The quantitative estimate of drug-likeness (QED) is 0.705. The summed E-state index contributed by atoms with van der Waals surface area (Å²) in [7, 11) is 2.17. The molecule has 4 aliphatic heterocycles. The standard InChI is InChI=1S/C21H30N4O2S/c1-23-10-15-2-3-16(11-23)25(15)21(26)24-6-4-14-8-17(28)9-18(19(14)12-24)20-13-27-7-5-22-20/h8-9,15-16,20,22,28H,2-7,10-13H2,1H3/t15?,16?,20-/m0/s1. The highest BCUT2D eigenvalue weighted by Gasteiger charge is 2.43. The van der Waals surface area contributed by atoms with E-state index in [1.807, 2.05) is 0 Å². The first-order valence-electron chi connectivity index (χ1n) is 10.5. The average Bonchev–Trinajstić information content (AvgIpc) is 2.98. The molecule has 0 saturated carbocycles. The Morgan fingerprint density at radius 1 is 1.25 bits per heavy atom. The van der Waals surface area contributed by atoms with Crippen LogP contribution in [0.1, 0.15) is 35.6 Å². The largest absolute Gasteiger partial charge is 0.378 e. The Morgan fingerprint density at radius 2 is 2.04 bits per heavy atom. The smallest absolute Gasteiger partial charge is 0.320 e. The van der Waals surface area contributed by atoms with E-state index in [9.17, 15) is 4.79 Å². The number of hydrogen-bond acceptors (Lipinski definition) is 5. The Labute approximate surface area is 172 Å². The van der Waals surface area contributed by atoms with E-state index < -0.39 is 0 Å². The molecule has 152 valence electrons. The fourth-order valence-electron chi connectivity index (χ4n) is 5.51. The van der Waals surface area contributed by atoms with E-state index in [0.29, 0.717) is 25.2 Å². The van der Waals surface area contributed by atoms with Crippen LogP contribution in [0, 0.1) is 0 Å². The number of piperazine rings is 1. The molecule has 6 nitrogen and oxygen atoms in total. The van der Waals surface area contributed by atoms with Crippen molar-refractivity contribution in [3.63, 3.8) is 0 Å². The van der Waals surface area contributed by atoms with Gasteiger partial charge in [-0.3, -0.25) is 0 Å². The van der Waals surface area contributed by atoms with Crippen molar-refractivity contribution in [3.05, 3.63) is 28.8 Å². The number of thiol groups is 1. The van der Waals surface area contributed by atoms with Crippen molar-refractivity contribution in [1.82, 2.24) is 20.0 Å². The number of nitrogens with zero attached hydrogens (tertiary/aromatic N) is 3. The summed E-state index contributed by atoms with van der Waals surface area (Å²) in [6.07, 6.45) is 3.19. The van der Waals surface area contributed by atoms with Crippen molar-refractivity contribution in [2.75, 3.05) is 46.4 Å². The van der Waals surface area contributed by atoms with Crippen molar-refractivity contribution in [3.8, 4) is 0 Å². The van der Waals surface area contributed by atoms with Crippen LogP contribution >= 0.6 is 12.6 Å². The van der Waals surface area contributed by atoms with Crippen LogP contribution in [0.5, 0.6) is 0 Å². The maximum absolute atomic E-state index is 13.5. The van der Waals surface area contributed by atoms with Crippen molar-refractivity contribution in [2.45, 2.75) is 48.8 Å². The second-order valence-corrected chi connectivity index (χ2v) is 9.24. The number of morpholine rings is 1. The zero-order chi connectivity index (χ0) is 19.3. The van der Waals surface area contributed by atoms with E-state index in [1.165, 1.54) is 16.7 Å².